The number of carbonyl (C=O) groups excluding carboxylic acids is 2. The van der Waals surface area contributed by atoms with Crippen LogP contribution in [0, 0.1) is 0 Å². The summed E-state index contributed by atoms with van der Waals surface area (Å²) in [6.07, 6.45) is 0. The van der Waals surface area contributed by atoms with Crippen LogP contribution in [0.4, 0.5) is 10.5 Å². The summed E-state index contributed by atoms with van der Waals surface area (Å²) in [7, 11) is 0. The summed E-state index contributed by atoms with van der Waals surface area (Å²) in [6, 6.07) is 11.1. The number of carbonyl (C=O) groups is 2. The largest absolute Gasteiger partial charge is 0.425 e. The molecule has 1 aliphatic heterocycles. The molecular formula is C12H9N2O2+. The smallest absolute Gasteiger partial charge is 0.268 e. The average Bonchev–Trinajstić information content (AvgIpc) is 2.27. The van der Waals surface area contributed by atoms with Crippen molar-refractivity contribution in [2.75, 3.05) is 0 Å². The monoisotopic (exact) mass is 213 g/mol. The number of nitrogens with two attached hydrogens (primary N) is 1. The van der Waals surface area contributed by atoms with Gasteiger partial charge in [-0.25, -0.2) is 15.4 Å². The normalized spacial score (nSPS) is 14.8. The van der Waals surface area contributed by atoms with Crippen molar-refractivity contribution in [1.82, 2.24) is 5.32 Å². The number of quaternary nitrogens is 1. The summed E-state index contributed by atoms with van der Waals surface area (Å²) in [5.41, 5.74) is 1.24. The third-order valence-corrected chi connectivity index (χ3v) is 2.69. The van der Waals surface area contributed by atoms with Crippen molar-refractivity contribution < 1.29 is 14.9 Å². The summed E-state index contributed by atoms with van der Waals surface area (Å²) < 4.78 is 0. The van der Waals surface area contributed by atoms with E-state index in [-0.39, 0.29) is 11.9 Å². The SMILES string of the molecule is O=C1NC(=O)c2cc3ccccc3cc2[NH2+]1. The molecular weight excluding hydrogens is 204 g/mol. The summed E-state index contributed by atoms with van der Waals surface area (Å²) in [4.78, 5) is 22.8. The first-order chi connectivity index (χ1) is 7.74. The van der Waals surface area contributed by atoms with E-state index in [0.717, 1.165) is 10.8 Å². The lowest BCUT2D eigenvalue weighted by Crippen LogP contribution is -2.88. The number of amides is 3. The number of primary amides is 1. The highest BCUT2D eigenvalue weighted by Crippen LogP contribution is 2.22. The summed E-state index contributed by atoms with van der Waals surface area (Å²) in [6.45, 7) is 0. The van der Waals surface area contributed by atoms with Crippen LogP contribution in [0.5, 0.6) is 0 Å². The molecule has 0 radical (unpaired) electrons. The van der Waals surface area contributed by atoms with Gasteiger partial charge in [-0.1, -0.05) is 24.3 Å². The van der Waals surface area contributed by atoms with Crippen LogP contribution in [0.1, 0.15) is 10.4 Å². The third kappa shape index (κ3) is 1.28. The zero-order valence-electron chi connectivity index (χ0n) is 8.36. The second kappa shape index (κ2) is 3.15. The highest BCUT2D eigenvalue weighted by molar-refractivity contribution is 6.10. The van der Waals surface area contributed by atoms with E-state index in [2.05, 4.69) is 5.32 Å². The molecule has 4 heteroatoms. The first-order valence-electron chi connectivity index (χ1n) is 4.97. The minimum absolute atomic E-state index is 0.326. The molecule has 0 unspecified atom stereocenters. The summed E-state index contributed by atoms with van der Waals surface area (Å²) >= 11 is 0. The molecule has 0 aromatic heterocycles. The van der Waals surface area contributed by atoms with Gasteiger partial charge < -0.3 is 0 Å². The van der Waals surface area contributed by atoms with Crippen LogP contribution in [0.25, 0.3) is 10.8 Å². The van der Waals surface area contributed by atoms with Crippen molar-refractivity contribution in [3.05, 3.63) is 42.0 Å². The Labute approximate surface area is 91.3 Å². The van der Waals surface area contributed by atoms with Crippen molar-refractivity contribution >= 4 is 28.4 Å². The van der Waals surface area contributed by atoms with E-state index < -0.39 is 0 Å². The minimum atomic E-state index is -0.354. The van der Waals surface area contributed by atoms with Crippen LogP contribution < -0.4 is 10.6 Å². The fourth-order valence-electron chi connectivity index (χ4n) is 1.93. The predicted octanol–water partition coefficient (Wildman–Crippen LogP) is 0.898. The lowest BCUT2D eigenvalue weighted by molar-refractivity contribution is -0.465. The summed E-state index contributed by atoms with van der Waals surface area (Å²) in [5.74, 6) is -0.326. The second-order valence-corrected chi connectivity index (χ2v) is 3.75. The molecule has 4 nitrogen and oxygen atoms in total. The van der Waals surface area contributed by atoms with Gasteiger partial charge in [-0.3, -0.25) is 4.79 Å². The van der Waals surface area contributed by atoms with E-state index in [0.29, 0.717) is 11.3 Å². The molecule has 3 rings (SSSR count). The Morgan fingerprint density at radius 3 is 2.44 bits per heavy atom. The van der Waals surface area contributed by atoms with Crippen LogP contribution in [-0.4, -0.2) is 11.9 Å². The topological polar surface area (TPSA) is 62.8 Å². The maximum Gasteiger partial charge on any atom is 0.425 e. The van der Waals surface area contributed by atoms with Crippen LogP contribution in [0.3, 0.4) is 0 Å². The molecule has 78 valence electrons. The fourth-order valence-corrected chi connectivity index (χ4v) is 1.93. The molecule has 3 amide bonds. The molecule has 0 atom stereocenters. The highest BCUT2D eigenvalue weighted by Gasteiger charge is 2.26. The number of hydrogen-bond donors (Lipinski definition) is 2. The maximum absolute atomic E-state index is 11.6. The van der Waals surface area contributed by atoms with E-state index in [4.69, 9.17) is 0 Å². The Kier molecular flexibility index (Phi) is 1.78. The number of nitrogens with one attached hydrogen (secondary N) is 1. The number of hydrogen-bond acceptors (Lipinski definition) is 2. The Morgan fingerprint density at radius 1 is 1.00 bits per heavy atom. The van der Waals surface area contributed by atoms with Crippen molar-refractivity contribution in [2.45, 2.75) is 0 Å². The molecule has 0 fully saturated rings. The highest BCUT2D eigenvalue weighted by atomic mass is 16.2. The van der Waals surface area contributed by atoms with Gasteiger partial charge >= 0.3 is 6.03 Å². The van der Waals surface area contributed by atoms with Gasteiger partial charge in [0.15, 0.2) is 5.69 Å². The van der Waals surface area contributed by atoms with Gasteiger partial charge in [-0.05, 0) is 16.8 Å². The Morgan fingerprint density at radius 2 is 1.69 bits per heavy atom. The first-order valence-corrected chi connectivity index (χ1v) is 4.97. The van der Waals surface area contributed by atoms with Crippen molar-refractivity contribution in [3.8, 4) is 0 Å². The van der Waals surface area contributed by atoms with E-state index in [1.807, 2.05) is 36.4 Å². The van der Waals surface area contributed by atoms with Crippen molar-refractivity contribution in [3.63, 3.8) is 0 Å². The van der Waals surface area contributed by atoms with E-state index >= 15 is 0 Å². The van der Waals surface area contributed by atoms with Crippen LogP contribution in [-0.2, 0) is 0 Å². The quantitative estimate of drug-likeness (QED) is 0.638. The van der Waals surface area contributed by atoms with E-state index in [9.17, 15) is 9.59 Å². The lowest BCUT2D eigenvalue weighted by Gasteiger charge is -2.12. The third-order valence-electron chi connectivity index (χ3n) is 2.69. The van der Waals surface area contributed by atoms with E-state index in [1.54, 1.807) is 0 Å². The minimum Gasteiger partial charge on any atom is -0.268 e. The molecule has 16 heavy (non-hydrogen) atoms. The molecule has 0 spiro atoms. The number of fused-ring (bicyclic) bond motifs is 2. The number of urea groups is 1. The lowest BCUT2D eigenvalue weighted by atomic mass is 10.0. The standard InChI is InChI=1S/C12H8N2O2/c15-11-9-5-7-3-1-2-4-8(7)6-10(9)13-12(16)14-11/h1-6H,(H2,13,14,15,16)/p+1. The van der Waals surface area contributed by atoms with Crippen molar-refractivity contribution in [1.29, 1.82) is 0 Å². The zero-order chi connectivity index (χ0) is 11.1. The molecule has 2 aromatic carbocycles. The fraction of sp³-hybridized carbons (Fsp3) is 0. The van der Waals surface area contributed by atoms with Gasteiger partial charge in [0.05, 0.1) is 0 Å². The average molecular weight is 213 g/mol. The van der Waals surface area contributed by atoms with Gasteiger partial charge in [-0.2, -0.15) is 0 Å². The number of benzene rings is 2. The first kappa shape index (κ1) is 9.06. The molecule has 3 N–H and O–H groups in total. The zero-order valence-corrected chi connectivity index (χ0v) is 8.36. The number of imide groups is 1. The van der Waals surface area contributed by atoms with Gasteiger partial charge in [0.2, 0.25) is 0 Å². The molecule has 2 aromatic rings. The molecule has 0 saturated carbocycles. The van der Waals surface area contributed by atoms with Gasteiger partial charge in [0, 0.05) is 6.07 Å². The second-order valence-electron chi connectivity index (χ2n) is 3.75. The maximum atomic E-state index is 11.6. The van der Waals surface area contributed by atoms with Crippen LogP contribution in [0.2, 0.25) is 0 Å². The molecule has 1 heterocycles. The van der Waals surface area contributed by atoms with Gasteiger partial charge in [-0.15, -0.1) is 0 Å². The molecule has 0 bridgehead atoms. The predicted molar refractivity (Wildman–Crippen MR) is 58.4 cm³/mol. The van der Waals surface area contributed by atoms with Crippen LogP contribution >= 0.6 is 0 Å². The van der Waals surface area contributed by atoms with E-state index in [1.165, 1.54) is 5.32 Å². The Bertz CT molecular complexity index is 619. The Hall–Kier alpha value is -2.20. The van der Waals surface area contributed by atoms with Gasteiger partial charge in [0.1, 0.15) is 5.56 Å². The summed E-state index contributed by atoms with van der Waals surface area (Å²) in [5, 5.41) is 5.74. The molecule has 0 aliphatic carbocycles. The molecule has 1 aliphatic rings. The van der Waals surface area contributed by atoms with Crippen molar-refractivity contribution in [2.24, 2.45) is 0 Å². The van der Waals surface area contributed by atoms with Gasteiger partial charge in [0.25, 0.3) is 5.91 Å². The van der Waals surface area contributed by atoms with Crippen LogP contribution in [0.15, 0.2) is 36.4 Å². The molecule has 0 saturated heterocycles. The number of rotatable bonds is 0. The Balaban J connectivity index is 2.30.